The van der Waals surface area contributed by atoms with Gasteiger partial charge in [0, 0.05) is 13.1 Å². The Kier molecular flexibility index (Phi) is 15.9. The Balaban J connectivity index is 0. The molecule has 3 aromatic heterocycles. The lowest BCUT2D eigenvalue weighted by molar-refractivity contribution is 0.692. The van der Waals surface area contributed by atoms with Crippen LogP contribution in [0.25, 0.3) is 23.0 Å². The smallest absolute Gasteiger partial charge is 0.200 e. The van der Waals surface area contributed by atoms with Crippen molar-refractivity contribution in [2.75, 3.05) is 0 Å². The third-order valence-corrected chi connectivity index (χ3v) is 4.34. The molecule has 0 saturated heterocycles. The summed E-state index contributed by atoms with van der Waals surface area (Å²) in [5.74, 6) is 1.22. The Morgan fingerprint density at radius 1 is 0.606 bits per heavy atom. The van der Waals surface area contributed by atoms with E-state index < -0.39 is 0 Å². The topological polar surface area (TPSA) is 109 Å². The van der Waals surface area contributed by atoms with Crippen LogP contribution in [0.3, 0.4) is 0 Å². The van der Waals surface area contributed by atoms with Gasteiger partial charge in [0.2, 0.25) is 0 Å². The van der Waals surface area contributed by atoms with Crippen LogP contribution < -0.4 is 11.5 Å². The van der Waals surface area contributed by atoms with Crippen LogP contribution in [0.1, 0.15) is 17.0 Å². The molecule has 0 aliphatic heterocycles. The van der Waals surface area contributed by atoms with Gasteiger partial charge >= 0.3 is 0 Å². The van der Waals surface area contributed by atoms with Gasteiger partial charge in [0.1, 0.15) is 11.4 Å². The van der Waals surface area contributed by atoms with Gasteiger partial charge in [-0.3, -0.25) is 0 Å². The van der Waals surface area contributed by atoms with Crippen LogP contribution in [0.2, 0.25) is 0 Å². The fraction of sp³-hybridized carbons (Fsp3) is 0.143. The first-order chi connectivity index (χ1) is 13.8. The fourth-order valence-corrected chi connectivity index (χ4v) is 2.94. The molecule has 4 rings (SSSR count). The molecule has 180 valence electrons. The van der Waals surface area contributed by atoms with Crippen molar-refractivity contribution in [1.29, 1.82) is 0 Å². The number of rotatable bonds is 6. The number of pyridine rings is 2. The molecule has 0 saturated carbocycles. The summed E-state index contributed by atoms with van der Waals surface area (Å²) in [5.41, 5.74) is 15.6. The maximum atomic E-state index is 5.76. The summed E-state index contributed by atoms with van der Waals surface area (Å²) in [6.07, 6.45) is 0. The molecule has 12 heteroatoms. The second kappa shape index (κ2) is 15.8. The molecule has 1 aromatic carbocycles. The molecule has 0 spiro atoms. The predicted molar refractivity (Wildman–Crippen MR) is 144 cm³/mol. The number of benzene rings is 1. The van der Waals surface area contributed by atoms with Crippen molar-refractivity contribution >= 4 is 62.0 Å². The van der Waals surface area contributed by atoms with E-state index in [2.05, 4.69) is 22.1 Å². The minimum absolute atomic E-state index is 0. The van der Waals surface area contributed by atoms with Gasteiger partial charge in [0.25, 0.3) is 0 Å². The Bertz CT molecular complexity index is 1090. The highest BCUT2D eigenvalue weighted by Gasteiger charge is 2.16. The fourth-order valence-electron chi connectivity index (χ4n) is 2.94. The summed E-state index contributed by atoms with van der Waals surface area (Å²) in [6.45, 7) is 1.31. The molecular formula is C21H26Cl5N7. The molecule has 0 aliphatic rings. The summed E-state index contributed by atoms with van der Waals surface area (Å²) in [7, 11) is 0. The monoisotopic (exact) mass is 551 g/mol. The van der Waals surface area contributed by atoms with Crippen LogP contribution in [-0.2, 0) is 19.6 Å². The quantitative estimate of drug-likeness (QED) is 0.365. The van der Waals surface area contributed by atoms with Gasteiger partial charge in [0.05, 0.1) is 17.9 Å². The van der Waals surface area contributed by atoms with Crippen molar-refractivity contribution in [3.8, 4) is 23.0 Å². The standard InChI is InChI=1S/C21H21N7.5ClH/c22-12-16-8-4-10-18(24-16)20-26-21(19-11-5-9-17(13-23)25-19)28(27-20)14-15-6-2-1-3-7-15;;;;;/h1-11H,12-14,22-23H2;5*1H. The number of hydrogen-bond acceptors (Lipinski definition) is 6. The summed E-state index contributed by atoms with van der Waals surface area (Å²) < 4.78 is 1.85. The van der Waals surface area contributed by atoms with E-state index in [9.17, 15) is 0 Å². The first-order valence-corrected chi connectivity index (χ1v) is 9.08. The number of halogens is 5. The molecule has 33 heavy (non-hydrogen) atoms. The zero-order valence-electron chi connectivity index (χ0n) is 17.4. The van der Waals surface area contributed by atoms with E-state index in [1.54, 1.807) is 0 Å². The molecule has 4 N–H and O–H groups in total. The number of aromatic nitrogens is 5. The zero-order chi connectivity index (χ0) is 19.3. The molecule has 0 aliphatic carbocycles. The average Bonchev–Trinajstić information content (AvgIpc) is 3.18. The van der Waals surface area contributed by atoms with Gasteiger partial charge in [-0.05, 0) is 29.8 Å². The molecule has 3 heterocycles. The average molecular weight is 554 g/mol. The van der Waals surface area contributed by atoms with Gasteiger partial charge < -0.3 is 11.5 Å². The van der Waals surface area contributed by atoms with Crippen molar-refractivity contribution in [3.05, 3.63) is 83.7 Å². The zero-order valence-corrected chi connectivity index (χ0v) is 21.5. The van der Waals surface area contributed by atoms with Crippen LogP contribution in [0.4, 0.5) is 0 Å². The van der Waals surface area contributed by atoms with E-state index in [1.807, 2.05) is 59.3 Å². The van der Waals surface area contributed by atoms with Crippen molar-refractivity contribution in [2.45, 2.75) is 19.6 Å². The SMILES string of the molecule is Cl.Cl.Cl.Cl.Cl.NCc1cccc(-c2nc(-c3cccc(CN)n3)n(Cc3ccccc3)n2)n1. The summed E-state index contributed by atoms with van der Waals surface area (Å²) in [4.78, 5) is 13.9. The van der Waals surface area contributed by atoms with E-state index in [4.69, 9.17) is 21.5 Å². The largest absolute Gasteiger partial charge is 0.325 e. The van der Waals surface area contributed by atoms with E-state index in [1.165, 1.54) is 0 Å². The maximum Gasteiger partial charge on any atom is 0.200 e. The van der Waals surface area contributed by atoms with Gasteiger partial charge in [-0.1, -0.05) is 42.5 Å². The molecule has 7 nitrogen and oxygen atoms in total. The number of nitrogens with two attached hydrogens (primary N) is 2. The Morgan fingerprint density at radius 3 is 1.73 bits per heavy atom. The normalized spacial score (nSPS) is 9.27. The van der Waals surface area contributed by atoms with Crippen LogP contribution >= 0.6 is 62.0 Å². The first-order valence-electron chi connectivity index (χ1n) is 9.08. The third-order valence-electron chi connectivity index (χ3n) is 4.34. The predicted octanol–water partition coefficient (Wildman–Crippen LogP) is 4.48. The van der Waals surface area contributed by atoms with Crippen molar-refractivity contribution in [2.24, 2.45) is 11.5 Å². The van der Waals surface area contributed by atoms with Gasteiger partial charge in [-0.25, -0.2) is 19.6 Å². The lowest BCUT2D eigenvalue weighted by atomic mass is 10.2. The van der Waals surface area contributed by atoms with Crippen LogP contribution in [0, 0.1) is 0 Å². The van der Waals surface area contributed by atoms with E-state index >= 15 is 0 Å². The third kappa shape index (κ3) is 8.08. The molecule has 0 fully saturated rings. The van der Waals surface area contributed by atoms with E-state index in [-0.39, 0.29) is 62.0 Å². The van der Waals surface area contributed by atoms with Gasteiger partial charge in [-0.2, -0.15) is 0 Å². The number of hydrogen-bond donors (Lipinski definition) is 2. The molecule has 0 bridgehead atoms. The van der Waals surface area contributed by atoms with Crippen LogP contribution in [0.15, 0.2) is 66.7 Å². The molecule has 0 unspecified atom stereocenters. The highest BCUT2D eigenvalue weighted by atomic mass is 35.5. The molecule has 0 radical (unpaired) electrons. The maximum absolute atomic E-state index is 5.76. The molecular weight excluding hydrogens is 528 g/mol. The summed E-state index contributed by atoms with van der Waals surface area (Å²) in [5, 5.41) is 4.71. The minimum atomic E-state index is 0. The van der Waals surface area contributed by atoms with Crippen molar-refractivity contribution in [3.63, 3.8) is 0 Å². The molecule has 4 aromatic rings. The van der Waals surface area contributed by atoms with Gasteiger partial charge in [0.15, 0.2) is 11.6 Å². The first kappa shape index (κ1) is 33.2. The number of nitrogens with zero attached hydrogens (tertiary/aromatic N) is 5. The second-order valence-electron chi connectivity index (χ2n) is 6.34. The Hall–Kier alpha value is -1.97. The Labute approximate surface area is 223 Å². The van der Waals surface area contributed by atoms with Crippen LogP contribution in [-0.4, -0.2) is 24.7 Å². The Morgan fingerprint density at radius 2 is 1.15 bits per heavy atom. The lowest BCUT2D eigenvalue weighted by Gasteiger charge is -2.06. The van der Waals surface area contributed by atoms with E-state index in [0.29, 0.717) is 37.0 Å². The minimum Gasteiger partial charge on any atom is -0.325 e. The van der Waals surface area contributed by atoms with Crippen molar-refractivity contribution < 1.29 is 0 Å². The van der Waals surface area contributed by atoms with Crippen LogP contribution in [0.5, 0.6) is 0 Å². The second-order valence-corrected chi connectivity index (χ2v) is 6.34. The highest BCUT2D eigenvalue weighted by Crippen LogP contribution is 2.21. The van der Waals surface area contributed by atoms with Gasteiger partial charge in [-0.15, -0.1) is 67.1 Å². The highest BCUT2D eigenvalue weighted by molar-refractivity contribution is 5.86. The summed E-state index contributed by atoms with van der Waals surface area (Å²) >= 11 is 0. The van der Waals surface area contributed by atoms with Crippen molar-refractivity contribution in [1.82, 2.24) is 24.7 Å². The summed E-state index contributed by atoms with van der Waals surface area (Å²) in [6, 6.07) is 21.5. The van der Waals surface area contributed by atoms with E-state index in [0.717, 1.165) is 22.6 Å². The molecule has 0 atom stereocenters. The molecule has 0 amide bonds. The lowest BCUT2D eigenvalue weighted by Crippen LogP contribution is -2.06.